The van der Waals surface area contributed by atoms with E-state index in [0.29, 0.717) is 6.61 Å². The second kappa shape index (κ2) is 8.30. The molecule has 3 rings (SSSR count). The number of benzene rings is 2. The van der Waals surface area contributed by atoms with Gasteiger partial charge in [0.25, 0.3) is 0 Å². The van der Waals surface area contributed by atoms with Crippen molar-refractivity contribution in [1.29, 1.82) is 0 Å². The van der Waals surface area contributed by atoms with Gasteiger partial charge < -0.3 is 9.47 Å². The van der Waals surface area contributed by atoms with Crippen LogP contribution < -0.4 is 14.9 Å². The number of rotatable bonds is 7. The van der Waals surface area contributed by atoms with Gasteiger partial charge >= 0.3 is 0 Å². The Balaban J connectivity index is 1.68. The lowest BCUT2D eigenvalue weighted by molar-refractivity contribution is 0.340. The van der Waals surface area contributed by atoms with Gasteiger partial charge in [-0.3, -0.25) is 5.43 Å². The zero-order valence-electron chi connectivity index (χ0n) is 14.1. The Bertz CT molecular complexity index is 861. The Labute approximate surface area is 151 Å². The third-order valence-corrected chi connectivity index (χ3v) is 4.18. The van der Waals surface area contributed by atoms with Crippen LogP contribution in [-0.4, -0.2) is 24.9 Å². The lowest BCUT2D eigenvalue weighted by atomic mass is 10.1. The van der Waals surface area contributed by atoms with Gasteiger partial charge in [0.15, 0.2) is 0 Å². The number of anilines is 1. The molecule has 1 heterocycles. The predicted octanol–water partition coefficient (Wildman–Crippen LogP) is 4.66. The number of nitrogens with zero attached hydrogens (tertiary/aromatic N) is 2. The van der Waals surface area contributed by atoms with Gasteiger partial charge in [-0.05, 0) is 36.8 Å². The summed E-state index contributed by atoms with van der Waals surface area (Å²) in [6, 6.07) is 15.6. The molecule has 3 aromatic rings. The van der Waals surface area contributed by atoms with Crippen molar-refractivity contribution >= 4 is 22.7 Å². The topological polar surface area (TPSA) is 55.7 Å². The number of methoxy groups -OCH3 is 1. The van der Waals surface area contributed by atoms with Crippen molar-refractivity contribution in [2.45, 2.75) is 6.92 Å². The number of hydrazone groups is 1. The summed E-state index contributed by atoms with van der Waals surface area (Å²) >= 11 is 1.49. The molecule has 1 N–H and O–H groups in total. The minimum Gasteiger partial charge on any atom is -0.496 e. The fraction of sp³-hybridized carbons (Fsp3) is 0.158. The molecule has 0 amide bonds. The van der Waals surface area contributed by atoms with Crippen molar-refractivity contribution in [1.82, 2.24) is 4.98 Å². The highest BCUT2D eigenvalue weighted by atomic mass is 32.1. The molecule has 0 spiro atoms. The number of nitrogens with one attached hydrogen (secondary N) is 1. The highest BCUT2D eigenvalue weighted by molar-refractivity contribution is 7.14. The van der Waals surface area contributed by atoms with E-state index in [1.54, 1.807) is 13.3 Å². The van der Waals surface area contributed by atoms with Crippen LogP contribution in [-0.2, 0) is 0 Å². The SMILES string of the molecule is CCOc1cccc(/C=N\Nc2nc(-c3ccccc3OC)cs2)c1. The van der Waals surface area contributed by atoms with Crippen LogP contribution in [0.2, 0.25) is 0 Å². The van der Waals surface area contributed by atoms with Gasteiger partial charge in [0, 0.05) is 10.9 Å². The van der Waals surface area contributed by atoms with Crippen LogP contribution >= 0.6 is 11.3 Å². The van der Waals surface area contributed by atoms with Crippen LogP contribution in [0, 0.1) is 0 Å². The zero-order chi connectivity index (χ0) is 17.5. The molecule has 6 heteroatoms. The highest BCUT2D eigenvalue weighted by Gasteiger charge is 2.08. The number of ether oxygens (including phenoxy) is 2. The Morgan fingerprint density at radius 2 is 2.08 bits per heavy atom. The van der Waals surface area contributed by atoms with Crippen molar-refractivity contribution in [2.75, 3.05) is 19.1 Å². The van der Waals surface area contributed by atoms with E-state index in [9.17, 15) is 0 Å². The molecule has 0 saturated heterocycles. The van der Waals surface area contributed by atoms with Gasteiger partial charge in [-0.25, -0.2) is 4.98 Å². The van der Waals surface area contributed by atoms with Crippen LogP contribution in [0.15, 0.2) is 59.0 Å². The summed E-state index contributed by atoms with van der Waals surface area (Å²) in [6.45, 7) is 2.60. The first-order valence-corrected chi connectivity index (χ1v) is 8.79. The molecule has 0 aliphatic heterocycles. The molecule has 0 bridgehead atoms. The Morgan fingerprint density at radius 1 is 1.20 bits per heavy atom. The summed E-state index contributed by atoms with van der Waals surface area (Å²) in [5.41, 5.74) is 5.75. The monoisotopic (exact) mass is 353 g/mol. The number of para-hydroxylation sites is 1. The van der Waals surface area contributed by atoms with E-state index in [4.69, 9.17) is 9.47 Å². The zero-order valence-corrected chi connectivity index (χ0v) is 14.9. The summed E-state index contributed by atoms with van der Waals surface area (Å²) in [5.74, 6) is 1.63. The normalized spacial score (nSPS) is 10.8. The molecule has 0 aliphatic carbocycles. The maximum absolute atomic E-state index is 5.48. The molecule has 0 unspecified atom stereocenters. The summed E-state index contributed by atoms with van der Waals surface area (Å²) in [7, 11) is 1.66. The van der Waals surface area contributed by atoms with Gasteiger partial charge in [-0.2, -0.15) is 5.10 Å². The molecule has 128 valence electrons. The van der Waals surface area contributed by atoms with Crippen molar-refractivity contribution in [3.8, 4) is 22.8 Å². The summed E-state index contributed by atoms with van der Waals surface area (Å²) in [4.78, 5) is 4.56. The van der Waals surface area contributed by atoms with E-state index in [2.05, 4.69) is 15.5 Å². The van der Waals surface area contributed by atoms with Gasteiger partial charge in [0.2, 0.25) is 5.13 Å². The molecule has 5 nitrogen and oxygen atoms in total. The fourth-order valence-corrected chi connectivity index (χ4v) is 2.98. The van der Waals surface area contributed by atoms with Crippen LogP contribution in [0.1, 0.15) is 12.5 Å². The van der Waals surface area contributed by atoms with Crippen LogP contribution in [0.3, 0.4) is 0 Å². The van der Waals surface area contributed by atoms with E-state index in [-0.39, 0.29) is 0 Å². The van der Waals surface area contributed by atoms with Crippen molar-refractivity contribution < 1.29 is 9.47 Å². The Morgan fingerprint density at radius 3 is 2.92 bits per heavy atom. The molecular formula is C19H19N3O2S. The smallest absolute Gasteiger partial charge is 0.203 e. The first-order chi connectivity index (χ1) is 12.3. The lowest BCUT2D eigenvalue weighted by Gasteiger charge is -2.04. The van der Waals surface area contributed by atoms with Crippen LogP contribution in [0.4, 0.5) is 5.13 Å². The van der Waals surface area contributed by atoms with Crippen LogP contribution in [0.25, 0.3) is 11.3 Å². The quantitative estimate of drug-likeness (QED) is 0.496. The fourth-order valence-electron chi connectivity index (χ4n) is 2.32. The Kier molecular flexibility index (Phi) is 5.64. The summed E-state index contributed by atoms with van der Waals surface area (Å²) < 4.78 is 10.9. The van der Waals surface area contributed by atoms with E-state index in [1.165, 1.54) is 11.3 Å². The molecular weight excluding hydrogens is 334 g/mol. The average Bonchev–Trinajstić information content (AvgIpc) is 3.11. The number of aromatic nitrogens is 1. The third-order valence-electron chi connectivity index (χ3n) is 3.43. The predicted molar refractivity (Wildman–Crippen MR) is 103 cm³/mol. The van der Waals surface area contributed by atoms with E-state index < -0.39 is 0 Å². The minimum absolute atomic E-state index is 0.643. The second-order valence-corrected chi connectivity index (χ2v) is 5.97. The minimum atomic E-state index is 0.643. The molecule has 1 aromatic heterocycles. The third kappa shape index (κ3) is 4.36. The van der Waals surface area contributed by atoms with Gasteiger partial charge in [0.1, 0.15) is 11.5 Å². The van der Waals surface area contributed by atoms with Gasteiger partial charge in [-0.15, -0.1) is 11.3 Å². The number of hydrogen-bond acceptors (Lipinski definition) is 6. The Hall–Kier alpha value is -2.86. The number of hydrogen-bond donors (Lipinski definition) is 1. The molecule has 0 fully saturated rings. The van der Waals surface area contributed by atoms with Crippen molar-refractivity contribution in [3.63, 3.8) is 0 Å². The summed E-state index contributed by atoms with van der Waals surface area (Å²) in [5, 5.41) is 6.95. The highest BCUT2D eigenvalue weighted by Crippen LogP contribution is 2.31. The average molecular weight is 353 g/mol. The maximum Gasteiger partial charge on any atom is 0.203 e. The van der Waals surface area contributed by atoms with E-state index in [0.717, 1.165) is 33.5 Å². The van der Waals surface area contributed by atoms with Gasteiger partial charge in [0.05, 0.1) is 25.6 Å². The largest absolute Gasteiger partial charge is 0.496 e. The van der Waals surface area contributed by atoms with E-state index >= 15 is 0 Å². The first-order valence-electron chi connectivity index (χ1n) is 7.91. The van der Waals surface area contributed by atoms with E-state index in [1.807, 2.05) is 60.8 Å². The molecule has 0 saturated carbocycles. The molecule has 0 atom stereocenters. The first kappa shape index (κ1) is 17.0. The molecule has 0 radical (unpaired) electrons. The molecule has 0 aliphatic rings. The van der Waals surface area contributed by atoms with Gasteiger partial charge in [-0.1, -0.05) is 24.3 Å². The summed E-state index contributed by atoms with van der Waals surface area (Å²) in [6.07, 6.45) is 1.74. The van der Waals surface area contributed by atoms with Crippen molar-refractivity contribution in [3.05, 3.63) is 59.5 Å². The molecule has 25 heavy (non-hydrogen) atoms. The standard InChI is InChI=1S/C19H19N3O2S/c1-3-24-15-8-6-7-14(11-15)12-20-22-19-21-17(13-25-19)16-9-4-5-10-18(16)23-2/h4-13H,3H2,1-2H3,(H,21,22)/b20-12-. The maximum atomic E-state index is 5.48. The second-order valence-electron chi connectivity index (χ2n) is 5.11. The van der Waals surface area contributed by atoms with Crippen molar-refractivity contribution in [2.24, 2.45) is 5.10 Å². The number of thiazole rings is 1. The van der Waals surface area contributed by atoms with Crippen LogP contribution in [0.5, 0.6) is 11.5 Å². The molecule has 2 aromatic carbocycles. The lowest BCUT2D eigenvalue weighted by Crippen LogP contribution is -1.93.